The second kappa shape index (κ2) is 9.06. The van der Waals surface area contributed by atoms with Crippen molar-refractivity contribution in [3.63, 3.8) is 0 Å². The van der Waals surface area contributed by atoms with Crippen molar-refractivity contribution in [3.05, 3.63) is 82.8 Å². The topological polar surface area (TPSA) is 53.1 Å². The van der Waals surface area contributed by atoms with Crippen LogP contribution < -0.4 is 15.5 Å². The first-order valence-electron chi connectivity index (χ1n) is 11.5. The summed E-state index contributed by atoms with van der Waals surface area (Å²) in [5.74, 6) is 1.19. The van der Waals surface area contributed by atoms with Crippen molar-refractivity contribution in [1.29, 1.82) is 0 Å². The van der Waals surface area contributed by atoms with Crippen LogP contribution in [-0.2, 0) is 18.5 Å². The van der Waals surface area contributed by atoms with Crippen LogP contribution in [0.5, 0.6) is 0 Å². The van der Waals surface area contributed by atoms with Crippen molar-refractivity contribution in [2.45, 2.75) is 51.1 Å². The van der Waals surface area contributed by atoms with E-state index in [2.05, 4.69) is 44.8 Å². The highest BCUT2D eigenvalue weighted by Crippen LogP contribution is 2.40. The number of halogens is 1. The number of anilines is 2. The molecule has 2 aromatic carbocycles. The molecule has 0 bridgehead atoms. The summed E-state index contributed by atoms with van der Waals surface area (Å²) >= 11 is 5.59. The van der Waals surface area contributed by atoms with E-state index in [0.717, 1.165) is 37.4 Å². The lowest BCUT2D eigenvalue weighted by Crippen LogP contribution is -2.41. The molecule has 7 heteroatoms. The highest BCUT2D eigenvalue weighted by molar-refractivity contribution is 7.80. The van der Waals surface area contributed by atoms with Gasteiger partial charge in [-0.15, -0.1) is 0 Å². The summed E-state index contributed by atoms with van der Waals surface area (Å²) in [6, 6.07) is 17.4. The Morgan fingerprint density at radius 1 is 1.03 bits per heavy atom. The minimum atomic E-state index is -0.203. The van der Waals surface area contributed by atoms with Crippen LogP contribution in [0.1, 0.15) is 48.1 Å². The van der Waals surface area contributed by atoms with Gasteiger partial charge in [0, 0.05) is 36.8 Å². The van der Waals surface area contributed by atoms with Gasteiger partial charge in [0.2, 0.25) is 5.95 Å². The number of thiocarbonyl (C=S) groups is 1. The van der Waals surface area contributed by atoms with Crippen LogP contribution in [0.3, 0.4) is 0 Å². The first-order chi connectivity index (χ1) is 16.0. The predicted octanol–water partition coefficient (Wildman–Crippen LogP) is 5.24. The smallest absolute Gasteiger partial charge is 0.231 e. The lowest BCUT2D eigenvalue weighted by atomic mass is 9.79. The molecule has 0 radical (unpaired) electrons. The summed E-state index contributed by atoms with van der Waals surface area (Å²) < 4.78 is 13.4. The van der Waals surface area contributed by atoms with E-state index in [1.165, 1.54) is 29.5 Å². The molecule has 5 rings (SSSR count). The van der Waals surface area contributed by atoms with E-state index in [-0.39, 0.29) is 11.2 Å². The fourth-order valence-corrected chi connectivity index (χ4v) is 5.25. The zero-order valence-corrected chi connectivity index (χ0v) is 19.6. The number of fused-ring (bicyclic) bond motifs is 1. The lowest BCUT2D eigenvalue weighted by Gasteiger charge is -2.30. The Hall–Kier alpha value is -3.06. The predicted molar refractivity (Wildman–Crippen MR) is 134 cm³/mol. The number of nitrogens with zero attached hydrogens (tertiary/aromatic N) is 3. The third kappa shape index (κ3) is 4.69. The fraction of sp³-hybridized carbons (Fsp3) is 0.346. The molecular formula is C26H28FN5S. The second-order valence-corrected chi connectivity index (χ2v) is 9.53. The van der Waals surface area contributed by atoms with E-state index >= 15 is 0 Å². The van der Waals surface area contributed by atoms with E-state index < -0.39 is 0 Å². The van der Waals surface area contributed by atoms with E-state index in [9.17, 15) is 4.39 Å². The number of hydrogen-bond acceptors (Lipinski definition) is 4. The lowest BCUT2D eigenvalue weighted by molar-refractivity contribution is 0.434. The Labute approximate surface area is 199 Å². The van der Waals surface area contributed by atoms with Gasteiger partial charge < -0.3 is 15.5 Å². The maximum Gasteiger partial charge on any atom is 0.231 e. The van der Waals surface area contributed by atoms with E-state index in [0.29, 0.717) is 17.6 Å². The number of aromatic nitrogens is 2. The molecule has 33 heavy (non-hydrogen) atoms. The molecule has 1 fully saturated rings. The Balaban J connectivity index is 1.26. The van der Waals surface area contributed by atoms with Gasteiger partial charge in [-0.1, -0.05) is 49.2 Å². The van der Waals surface area contributed by atoms with Crippen LogP contribution in [0.4, 0.5) is 16.2 Å². The highest BCUT2D eigenvalue weighted by Gasteiger charge is 2.35. The van der Waals surface area contributed by atoms with Gasteiger partial charge in [-0.05, 0) is 60.8 Å². The fourth-order valence-electron chi connectivity index (χ4n) is 5.08. The number of aryl methyl sites for hydroxylation is 1. The number of benzene rings is 2. The Morgan fingerprint density at radius 3 is 2.36 bits per heavy atom. The molecule has 0 atom stereocenters. The minimum absolute atomic E-state index is 0.0284. The number of nitrogens with one attached hydrogen (secondary N) is 2. The summed E-state index contributed by atoms with van der Waals surface area (Å²) in [6.45, 7) is 4.35. The van der Waals surface area contributed by atoms with Crippen LogP contribution in [0, 0.1) is 12.7 Å². The molecular weight excluding hydrogens is 433 g/mol. The summed E-state index contributed by atoms with van der Waals surface area (Å²) in [7, 11) is 0. The maximum atomic E-state index is 13.4. The standard InChI is InChI=1S/C26H28FN5S/c1-18-14-23(32-15-19-6-2-3-7-20(19)16-32)30-24(29-18)31-25(33)28-17-26(12-4-5-13-26)21-8-10-22(27)11-9-21/h2-3,6-11,14H,4-5,12-13,15-17H2,1H3,(H2,28,29,30,31,33). The first kappa shape index (κ1) is 21.8. The van der Waals surface area contributed by atoms with Crippen molar-refractivity contribution < 1.29 is 4.39 Å². The van der Waals surface area contributed by atoms with Crippen LogP contribution in [0.15, 0.2) is 54.6 Å². The van der Waals surface area contributed by atoms with Gasteiger partial charge in [-0.25, -0.2) is 9.37 Å². The van der Waals surface area contributed by atoms with E-state index in [1.807, 2.05) is 25.1 Å². The van der Waals surface area contributed by atoms with Crippen molar-refractivity contribution in [2.24, 2.45) is 0 Å². The highest BCUT2D eigenvalue weighted by atomic mass is 32.1. The van der Waals surface area contributed by atoms with E-state index in [4.69, 9.17) is 17.2 Å². The molecule has 2 heterocycles. The minimum Gasteiger partial charge on any atom is -0.361 e. The van der Waals surface area contributed by atoms with Gasteiger partial charge in [0.05, 0.1) is 0 Å². The Morgan fingerprint density at radius 2 is 1.70 bits per heavy atom. The van der Waals surface area contributed by atoms with Gasteiger partial charge in [0.25, 0.3) is 0 Å². The van der Waals surface area contributed by atoms with Crippen molar-refractivity contribution >= 4 is 29.1 Å². The van der Waals surface area contributed by atoms with Crippen LogP contribution >= 0.6 is 12.2 Å². The monoisotopic (exact) mass is 461 g/mol. The molecule has 1 saturated carbocycles. The third-order valence-electron chi connectivity index (χ3n) is 6.84. The van der Waals surface area contributed by atoms with Gasteiger partial charge in [0.1, 0.15) is 11.6 Å². The Bertz CT molecular complexity index is 1130. The molecule has 1 aliphatic heterocycles. The first-order valence-corrected chi connectivity index (χ1v) is 11.9. The third-order valence-corrected chi connectivity index (χ3v) is 7.08. The van der Waals surface area contributed by atoms with Gasteiger partial charge >= 0.3 is 0 Å². The SMILES string of the molecule is Cc1cc(N2Cc3ccccc3C2)nc(NC(=S)NCC2(c3ccc(F)cc3)CCCC2)n1. The summed E-state index contributed by atoms with van der Waals surface area (Å²) in [6.07, 6.45) is 4.47. The van der Waals surface area contributed by atoms with Crippen molar-refractivity contribution in [3.8, 4) is 0 Å². The average Bonchev–Trinajstić information content (AvgIpc) is 3.46. The van der Waals surface area contributed by atoms with Crippen LogP contribution in [-0.4, -0.2) is 21.6 Å². The van der Waals surface area contributed by atoms with E-state index in [1.54, 1.807) is 12.1 Å². The molecule has 0 unspecified atom stereocenters. The van der Waals surface area contributed by atoms with Crippen molar-refractivity contribution in [1.82, 2.24) is 15.3 Å². The molecule has 0 saturated heterocycles. The average molecular weight is 462 g/mol. The molecule has 1 aromatic heterocycles. The summed E-state index contributed by atoms with van der Waals surface area (Å²) in [4.78, 5) is 11.5. The molecule has 3 aromatic rings. The largest absolute Gasteiger partial charge is 0.361 e. The van der Waals surface area contributed by atoms with Gasteiger partial charge in [-0.2, -0.15) is 4.98 Å². The maximum absolute atomic E-state index is 13.4. The molecule has 170 valence electrons. The number of hydrogen-bond donors (Lipinski definition) is 2. The zero-order valence-electron chi connectivity index (χ0n) is 18.8. The van der Waals surface area contributed by atoms with Crippen molar-refractivity contribution in [2.75, 3.05) is 16.8 Å². The molecule has 5 nitrogen and oxygen atoms in total. The molecule has 2 aliphatic rings. The number of rotatable bonds is 5. The zero-order chi connectivity index (χ0) is 22.8. The summed E-state index contributed by atoms with van der Waals surface area (Å²) in [5.41, 5.74) is 4.70. The van der Waals surface area contributed by atoms with Crippen LogP contribution in [0.2, 0.25) is 0 Å². The molecule has 2 N–H and O–H groups in total. The molecule has 0 amide bonds. The van der Waals surface area contributed by atoms with Gasteiger partial charge in [0.15, 0.2) is 5.11 Å². The quantitative estimate of drug-likeness (QED) is 0.507. The van der Waals surface area contributed by atoms with Gasteiger partial charge in [-0.3, -0.25) is 0 Å². The molecule has 1 aliphatic carbocycles. The second-order valence-electron chi connectivity index (χ2n) is 9.12. The normalized spacial score (nSPS) is 16.5. The van der Waals surface area contributed by atoms with Crippen LogP contribution in [0.25, 0.3) is 0 Å². The molecule has 0 spiro atoms. The Kier molecular flexibility index (Phi) is 5.98. The summed E-state index contributed by atoms with van der Waals surface area (Å²) in [5, 5.41) is 7.07.